The van der Waals surface area contributed by atoms with Crippen LogP contribution < -0.4 is 0 Å². The number of benzene rings is 2. The highest BCUT2D eigenvalue weighted by atomic mass is 32.2. The number of hydrogen-bond acceptors (Lipinski definition) is 8. The minimum absolute atomic E-state index is 0.0714. The number of carbonyl (C=O) groups is 1. The van der Waals surface area contributed by atoms with Crippen molar-refractivity contribution in [3.05, 3.63) is 58.1 Å². The van der Waals surface area contributed by atoms with Crippen LogP contribution in [0, 0.1) is 17.0 Å². The number of piperazine rings is 1. The summed E-state index contributed by atoms with van der Waals surface area (Å²) in [4.78, 5) is 29.1. The molecule has 0 bridgehead atoms. The van der Waals surface area contributed by atoms with Gasteiger partial charge in [-0.05, 0) is 24.6 Å². The van der Waals surface area contributed by atoms with Crippen molar-refractivity contribution >= 4 is 54.9 Å². The Hall–Kier alpha value is -2.54. The van der Waals surface area contributed by atoms with Crippen LogP contribution in [0.3, 0.4) is 0 Å². The van der Waals surface area contributed by atoms with Crippen molar-refractivity contribution in [3.8, 4) is 0 Å². The smallest absolute Gasteiger partial charge is 0.270 e. The van der Waals surface area contributed by atoms with Crippen LogP contribution in [0.2, 0.25) is 0 Å². The van der Waals surface area contributed by atoms with E-state index in [1.54, 1.807) is 11.8 Å². The largest absolute Gasteiger partial charge is 0.339 e. The van der Waals surface area contributed by atoms with Crippen molar-refractivity contribution in [3.63, 3.8) is 0 Å². The molecule has 0 N–H and O–H groups in total. The number of thiazole rings is 1. The molecule has 2 heterocycles. The lowest BCUT2D eigenvalue weighted by Crippen LogP contribution is -2.51. The molecular formula is C20H20N4O5S3. The number of non-ortho nitro benzene ring substituents is 1. The number of para-hydroxylation sites is 1. The summed E-state index contributed by atoms with van der Waals surface area (Å²) in [7, 11) is -3.89. The maximum absolute atomic E-state index is 13.0. The van der Waals surface area contributed by atoms with Gasteiger partial charge in [0, 0.05) is 38.3 Å². The summed E-state index contributed by atoms with van der Waals surface area (Å²) in [6.07, 6.45) is 0. The standard InChI is InChI=1S/C20H20N4O5S3/c1-14-6-7-15(24(26)27)12-18(14)32(28,29)23-10-8-22(9-11-23)19(25)13-30-20-21-16-4-2-3-5-17(16)31-20/h2-7,12H,8-11,13H2,1H3. The number of aryl methyl sites for hydroxylation is 1. The summed E-state index contributed by atoms with van der Waals surface area (Å²) in [5.74, 6) is 0.161. The number of sulfonamides is 1. The van der Waals surface area contributed by atoms with Gasteiger partial charge < -0.3 is 4.90 Å². The van der Waals surface area contributed by atoms with E-state index >= 15 is 0 Å². The van der Waals surface area contributed by atoms with E-state index in [4.69, 9.17) is 0 Å². The van der Waals surface area contributed by atoms with E-state index in [-0.39, 0.29) is 48.4 Å². The van der Waals surface area contributed by atoms with Gasteiger partial charge in [0.25, 0.3) is 5.69 Å². The first-order valence-electron chi connectivity index (χ1n) is 9.77. The molecule has 1 aliphatic heterocycles. The number of nitro groups is 1. The van der Waals surface area contributed by atoms with Crippen LogP contribution in [0.1, 0.15) is 5.56 Å². The number of fused-ring (bicyclic) bond motifs is 1. The van der Waals surface area contributed by atoms with Crippen LogP contribution in [0.5, 0.6) is 0 Å². The number of carbonyl (C=O) groups excluding carboxylic acids is 1. The molecule has 1 aromatic heterocycles. The fourth-order valence-corrected chi connectivity index (χ4v) is 7.06. The number of rotatable bonds is 6. The Morgan fingerprint density at radius 2 is 1.91 bits per heavy atom. The zero-order chi connectivity index (χ0) is 22.9. The molecule has 2 aromatic carbocycles. The minimum Gasteiger partial charge on any atom is -0.339 e. The number of hydrogen-bond donors (Lipinski definition) is 0. The summed E-state index contributed by atoms with van der Waals surface area (Å²) < 4.78 is 29.3. The topological polar surface area (TPSA) is 114 Å². The summed E-state index contributed by atoms with van der Waals surface area (Å²) in [6, 6.07) is 11.6. The highest BCUT2D eigenvalue weighted by Crippen LogP contribution is 2.30. The molecule has 1 aliphatic rings. The van der Waals surface area contributed by atoms with E-state index in [1.807, 2.05) is 24.3 Å². The van der Waals surface area contributed by atoms with Crippen LogP contribution in [-0.2, 0) is 14.8 Å². The molecule has 4 rings (SSSR count). The van der Waals surface area contributed by atoms with Gasteiger partial charge in [0.2, 0.25) is 15.9 Å². The van der Waals surface area contributed by atoms with E-state index in [0.29, 0.717) is 5.56 Å². The van der Waals surface area contributed by atoms with Crippen molar-refractivity contribution in [1.29, 1.82) is 0 Å². The monoisotopic (exact) mass is 492 g/mol. The maximum atomic E-state index is 13.0. The lowest BCUT2D eigenvalue weighted by Gasteiger charge is -2.34. The molecule has 0 radical (unpaired) electrons. The SMILES string of the molecule is Cc1ccc([N+](=O)[O-])cc1S(=O)(=O)N1CCN(C(=O)CSc2nc3ccccc3s2)CC1. The van der Waals surface area contributed by atoms with Crippen LogP contribution >= 0.6 is 23.1 Å². The van der Waals surface area contributed by atoms with Gasteiger partial charge in [0.15, 0.2) is 4.34 Å². The first kappa shape index (κ1) is 22.6. The number of nitro benzene ring substituents is 1. The second kappa shape index (κ2) is 9.14. The predicted octanol–water partition coefficient (Wildman–Crippen LogP) is 3.14. The average molecular weight is 493 g/mol. The van der Waals surface area contributed by atoms with E-state index in [9.17, 15) is 23.3 Å². The molecule has 0 spiro atoms. The number of nitrogens with zero attached hydrogens (tertiary/aromatic N) is 4. The third-order valence-corrected chi connectivity index (χ3v) is 9.39. The Kier molecular flexibility index (Phi) is 6.47. The third-order valence-electron chi connectivity index (χ3n) is 5.19. The van der Waals surface area contributed by atoms with Gasteiger partial charge in [0.1, 0.15) is 0 Å². The molecule has 1 fully saturated rings. The molecule has 0 atom stereocenters. The first-order chi connectivity index (χ1) is 15.3. The molecule has 3 aromatic rings. The van der Waals surface area contributed by atoms with Gasteiger partial charge in [0.05, 0.1) is 25.8 Å². The number of thioether (sulfide) groups is 1. The molecule has 0 unspecified atom stereocenters. The van der Waals surface area contributed by atoms with E-state index < -0.39 is 14.9 Å². The maximum Gasteiger partial charge on any atom is 0.270 e. The fraction of sp³-hybridized carbons (Fsp3) is 0.300. The van der Waals surface area contributed by atoms with Gasteiger partial charge >= 0.3 is 0 Å². The fourth-order valence-electron chi connectivity index (χ4n) is 3.42. The Bertz CT molecular complexity index is 1250. The minimum atomic E-state index is -3.89. The summed E-state index contributed by atoms with van der Waals surface area (Å²) >= 11 is 2.92. The summed E-state index contributed by atoms with van der Waals surface area (Å²) in [5.41, 5.74) is 1.08. The van der Waals surface area contributed by atoms with Gasteiger partial charge in [-0.2, -0.15) is 4.31 Å². The molecule has 0 saturated carbocycles. The Labute approximate surface area is 193 Å². The van der Waals surface area contributed by atoms with Crippen LogP contribution in [0.15, 0.2) is 51.7 Å². The zero-order valence-electron chi connectivity index (χ0n) is 17.1. The third kappa shape index (κ3) is 4.63. The van der Waals surface area contributed by atoms with E-state index in [0.717, 1.165) is 20.6 Å². The predicted molar refractivity (Wildman–Crippen MR) is 124 cm³/mol. The molecule has 32 heavy (non-hydrogen) atoms. The summed E-state index contributed by atoms with van der Waals surface area (Å²) in [5, 5.41) is 11.0. The van der Waals surface area contributed by atoms with Crippen molar-refractivity contribution in [2.24, 2.45) is 0 Å². The van der Waals surface area contributed by atoms with Crippen LogP contribution in [0.25, 0.3) is 10.2 Å². The molecular weight excluding hydrogens is 472 g/mol. The van der Waals surface area contributed by atoms with Crippen molar-refractivity contribution in [2.45, 2.75) is 16.2 Å². The van der Waals surface area contributed by atoms with Gasteiger partial charge in [-0.15, -0.1) is 11.3 Å². The Morgan fingerprint density at radius 3 is 2.59 bits per heavy atom. The summed E-state index contributed by atoms with van der Waals surface area (Å²) in [6.45, 7) is 2.43. The molecule has 1 saturated heterocycles. The molecule has 168 valence electrons. The van der Waals surface area contributed by atoms with Crippen LogP contribution in [-0.4, -0.2) is 65.4 Å². The van der Waals surface area contributed by atoms with Crippen molar-refractivity contribution in [2.75, 3.05) is 31.9 Å². The van der Waals surface area contributed by atoms with E-state index in [1.165, 1.54) is 39.5 Å². The first-order valence-corrected chi connectivity index (χ1v) is 13.0. The lowest BCUT2D eigenvalue weighted by atomic mass is 10.2. The molecule has 0 aliphatic carbocycles. The Morgan fingerprint density at radius 1 is 1.19 bits per heavy atom. The molecule has 12 heteroatoms. The molecule has 1 amide bonds. The van der Waals surface area contributed by atoms with Gasteiger partial charge in [-0.1, -0.05) is 30.0 Å². The Balaban J connectivity index is 1.37. The normalized spacial score (nSPS) is 15.2. The quantitative estimate of drug-likeness (QED) is 0.295. The zero-order valence-corrected chi connectivity index (χ0v) is 19.6. The average Bonchev–Trinajstić information content (AvgIpc) is 3.20. The van der Waals surface area contributed by atoms with Crippen molar-refractivity contribution in [1.82, 2.24) is 14.2 Å². The lowest BCUT2D eigenvalue weighted by molar-refractivity contribution is -0.385. The van der Waals surface area contributed by atoms with Crippen molar-refractivity contribution < 1.29 is 18.1 Å². The van der Waals surface area contributed by atoms with E-state index in [2.05, 4.69) is 4.98 Å². The second-order valence-electron chi connectivity index (χ2n) is 7.23. The molecule has 9 nitrogen and oxygen atoms in total. The number of amides is 1. The highest BCUT2D eigenvalue weighted by molar-refractivity contribution is 8.01. The van der Waals surface area contributed by atoms with Gasteiger partial charge in [-0.3, -0.25) is 14.9 Å². The van der Waals surface area contributed by atoms with Gasteiger partial charge in [-0.25, -0.2) is 13.4 Å². The highest BCUT2D eigenvalue weighted by Gasteiger charge is 2.32. The number of aromatic nitrogens is 1. The second-order valence-corrected chi connectivity index (χ2v) is 11.4. The van der Waals surface area contributed by atoms with Crippen LogP contribution in [0.4, 0.5) is 5.69 Å².